The molecule has 4 heteroatoms. The molecular weight excluding hydrogens is 194 g/mol. The molecule has 0 aromatic rings. The topological polar surface area (TPSA) is 46.6 Å². The van der Waals surface area contributed by atoms with E-state index in [0.717, 1.165) is 12.8 Å². The third-order valence-electron chi connectivity index (χ3n) is 1.94. The molecule has 0 aliphatic heterocycles. The molecule has 0 saturated heterocycles. The van der Waals surface area contributed by atoms with E-state index in [4.69, 9.17) is 4.74 Å². The number of ether oxygens (including phenoxy) is 1. The second kappa shape index (κ2) is 8.26. The molecule has 0 aromatic heterocycles. The number of nitrogens with zero attached hydrogens (tertiary/aromatic N) is 1. The Labute approximate surface area is 91.6 Å². The van der Waals surface area contributed by atoms with Crippen LogP contribution in [0.5, 0.6) is 0 Å². The van der Waals surface area contributed by atoms with Crippen molar-refractivity contribution in [2.75, 3.05) is 19.7 Å². The molecule has 0 aliphatic carbocycles. The fourth-order valence-electron chi connectivity index (χ4n) is 1.30. The van der Waals surface area contributed by atoms with Crippen LogP contribution in [-0.2, 0) is 14.3 Å². The second-order valence-corrected chi connectivity index (χ2v) is 3.37. The first-order valence-corrected chi connectivity index (χ1v) is 5.59. The highest BCUT2D eigenvalue weighted by Gasteiger charge is 2.15. The minimum absolute atomic E-state index is 0.0346. The average Bonchev–Trinajstić information content (AvgIpc) is 2.18. The summed E-state index contributed by atoms with van der Waals surface area (Å²) in [6.07, 6.45) is 2.16. The summed E-state index contributed by atoms with van der Waals surface area (Å²) in [7, 11) is 0. The Morgan fingerprint density at radius 3 is 2.27 bits per heavy atom. The quantitative estimate of drug-likeness (QED) is 0.606. The van der Waals surface area contributed by atoms with Gasteiger partial charge in [0.2, 0.25) is 5.91 Å². The summed E-state index contributed by atoms with van der Waals surface area (Å²) in [6, 6.07) is 0. The number of hydrogen-bond donors (Lipinski definition) is 0. The SMILES string of the molecule is CCCC(=O)N(CCC)CC(=O)OCC. The van der Waals surface area contributed by atoms with Crippen LogP contribution >= 0.6 is 0 Å². The van der Waals surface area contributed by atoms with Gasteiger partial charge in [-0.2, -0.15) is 0 Å². The highest BCUT2D eigenvalue weighted by atomic mass is 16.5. The lowest BCUT2D eigenvalue weighted by Gasteiger charge is -2.20. The summed E-state index contributed by atoms with van der Waals surface area (Å²) in [5.41, 5.74) is 0. The first kappa shape index (κ1) is 13.9. The van der Waals surface area contributed by atoms with Gasteiger partial charge in [0, 0.05) is 13.0 Å². The summed E-state index contributed by atoms with van der Waals surface area (Å²) in [5, 5.41) is 0. The number of hydrogen-bond acceptors (Lipinski definition) is 3. The Kier molecular flexibility index (Phi) is 7.68. The fraction of sp³-hybridized carbons (Fsp3) is 0.818. The highest BCUT2D eigenvalue weighted by Crippen LogP contribution is 2.00. The van der Waals surface area contributed by atoms with Gasteiger partial charge in [-0.25, -0.2) is 0 Å². The number of carbonyl (C=O) groups is 2. The molecule has 0 aromatic carbocycles. The van der Waals surface area contributed by atoms with Crippen molar-refractivity contribution in [2.45, 2.75) is 40.0 Å². The van der Waals surface area contributed by atoms with Gasteiger partial charge in [0.25, 0.3) is 0 Å². The van der Waals surface area contributed by atoms with Gasteiger partial charge in [-0.1, -0.05) is 13.8 Å². The van der Waals surface area contributed by atoms with Gasteiger partial charge >= 0.3 is 5.97 Å². The third kappa shape index (κ3) is 6.10. The van der Waals surface area contributed by atoms with E-state index in [1.807, 2.05) is 13.8 Å². The van der Waals surface area contributed by atoms with E-state index in [1.54, 1.807) is 11.8 Å². The molecule has 88 valence electrons. The van der Waals surface area contributed by atoms with Crippen molar-refractivity contribution in [1.29, 1.82) is 0 Å². The second-order valence-electron chi connectivity index (χ2n) is 3.37. The van der Waals surface area contributed by atoms with Crippen molar-refractivity contribution >= 4 is 11.9 Å². The van der Waals surface area contributed by atoms with Gasteiger partial charge in [0.15, 0.2) is 0 Å². The Hall–Kier alpha value is -1.06. The zero-order valence-electron chi connectivity index (χ0n) is 9.91. The summed E-state index contributed by atoms with van der Waals surface area (Å²) in [6.45, 7) is 6.76. The minimum atomic E-state index is -0.324. The molecule has 15 heavy (non-hydrogen) atoms. The molecule has 0 radical (unpaired) electrons. The predicted molar refractivity (Wildman–Crippen MR) is 58.4 cm³/mol. The largest absolute Gasteiger partial charge is 0.465 e. The summed E-state index contributed by atoms with van der Waals surface area (Å²) in [5.74, 6) is -0.289. The van der Waals surface area contributed by atoms with Crippen LogP contribution in [-0.4, -0.2) is 36.5 Å². The highest BCUT2D eigenvalue weighted by molar-refractivity contribution is 5.82. The molecule has 0 saturated carbocycles. The molecule has 0 heterocycles. The van der Waals surface area contributed by atoms with Gasteiger partial charge < -0.3 is 9.64 Å². The fourth-order valence-corrected chi connectivity index (χ4v) is 1.30. The Morgan fingerprint density at radius 2 is 1.80 bits per heavy atom. The number of rotatable bonds is 7. The summed E-state index contributed by atoms with van der Waals surface area (Å²) in [4.78, 5) is 24.4. The molecule has 1 amide bonds. The van der Waals surface area contributed by atoms with Crippen molar-refractivity contribution in [3.8, 4) is 0 Å². The van der Waals surface area contributed by atoms with Crippen molar-refractivity contribution < 1.29 is 14.3 Å². The van der Waals surface area contributed by atoms with Gasteiger partial charge in [-0.3, -0.25) is 9.59 Å². The molecule has 0 aliphatic rings. The van der Waals surface area contributed by atoms with E-state index in [2.05, 4.69) is 0 Å². The third-order valence-corrected chi connectivity index (χ3v) is 1.94. The van der Waals surface area contributed by atoms with Gasteiger partial charge in [-0.05, 0) is 19.8 Å². The van der Waals surface area contributed by atoms with Gasteiger partial charge in [0.1, 0.15) is 6.54 Å². The number of esters is 1. The maximum Gasteiger partial charge on any atom is 0.325 e. The van der Waals surface area contributed by atoms with Crippen LogP contribution in [0.25, 0.3) is 0 Å². The maximum absolute atomic E-state index is 11.6. The Bertz CT molecular complexity index is 204. The lowest BCUT2D eigenvalue weighted by molar-refractivity contribution is -0.149. The standard InChI is InChI=1S/C11H21NO3/c1-4-7-10(13)12(8-5-2)9-11(14)15-6-3/h4-9H2,1-3H3. The molecule has 0 unspecified atom stereocenters. The molecule has 0 N–H and O–H groups in total. The number of amides is 1. The molecule has 0 atom stereocenters. The first-order chi connectivity index (χ1) is 7.15. The average molecular weight is 215 g/mol. The van der Waals surface area contributed by atoms with Gasteiger partial charge in [0.05, 0.1) is 6.61 Å². The molecule has 0 spiro atoms. The Balaban J connectivity index is 4.13. The summed E-state index contributed by atoms with van der Waals surface area (Å²) >= 11 is 0. The van der Waals surface area contributed by atoms with E-state index in [9.17, 15) is 9.59 Å². The van der Waals surface area contributed by atoms with E-state index >= 15 is 0 Å². The normalized spacial score (nSPS) is 9.80. The van der Waals surface area contributed by atoms with E-state index < -0.39 is 0 Å². The predicted octanol–water partition coefficient (Wildman–Crippen LogP) is 1.59. The van der Waals surface area contributed by atoms with E-state index in [0.29, 0.717) is 19.6 Å². The number of carbonyl (C=O) groups excluding carboxylic acids is 2. The summed E-state index contributed by atoms with van der Waals surface area (Å²) < 4.78 is 4.81. The van der Waals surface area contributed by atoms with Crippen LogP contribution < -0.4 is 0 Å². The molecule has 0 rings (SSSR count). The Morgan fingerprint density at radius 1 is 1.13 bits per heavy atom. The first-order valence-electron chi connectivity index (χ1n) is 5.59. The van der Waals surface area contributed by atoms with Gasteiger partial charge in [-0.15, -0.1) is 0 Å². The maximum atomic E-state index is 11.6. The lowest BCUT2D eigenvalue weighted by atomic mass is 10.3. The van der Waals surface area contributed by atoms with Crippen LogP contribution in [0.1, 0.15) is 40.0 Å². The zero-order valence-corrected chi connectivity index (χ0v) is 9.91. The van der Waals surface area contributed by atoms with Crippen molar-refractivity contribution in [3.63, 3.8) is 0 Å². The smallest absolute Gasteiger partial charge is 0.325 e. The van der Waals surface area contributed by atoms with Crippen LogP contribution in [0.15, 0.2) is 0 Å². The molecular formula is C11H21NO3. The monoisotopic (exact) mass is 215 g/mol. The zero-order chi connectivity index (χ0) is 11.7. The molecule has 0 bridgehead atoms. The molecule has 0 fully saturated rings. The van der Waals surface area contributed by atoms with Crippen LogP contribution in [0.4, 0.5) is 0 Å². The van der Waals surface area contributed by atoms with Crippen LogP contribution in [0, 0.1) is 0 Å². The molecule has 4 nitrogen and oxygen atoms in total. The van der Waals surface area contributed by atoms with Crippen LogP contribution in [0.3, 0.4) is 0 Å². The lowest BCUT2D eigenvalue weighted by Crippen LogP contribution is -2.36. The van der Waals surface area contributed by atoms with Crippen molar-refractivity contribution in [3.05, 3.63) is 0 Å². The van der Waals surface area contributed by atoms with E-state index in [1.165, 1.54) is 0 Å². The van der Waals surface area contributed by atoms with Crippen molar-refractivity contribution in [2.24, 2.45) is 0 Å². The van der Waals surface area contributed by atoms with Crippen molar-refractivity contribution in [1.82, 2.24) is 4.90 Å². The van der Waals surface area contributed by atoms with E-state index in [-0.39, 0.29) is 18.4 Å². The minimum Gasteiger partial charge on any atom is -0.465 e. The van der Waals surface area contributed by atoms with Crippen LogP contribution in [0.2, 0.25) is 0 Å².